The van der Waals surface area contributed by atoms with Crippen molar-refractivity contribution in [2.75, 3.05) is 49.6 Å². The van der Waals surface area contributed by atoms with Gasteiger partial charge < -0.3 is 24.2 Å². The molecule has 11 heteroatoms. The standard InChI is InChI=1S/C32H44N8O3/c1-20-8-11-26-25(15-33-36-26)28(20)38-14-12-24-27(18-38)34-30(42-19-23-7-6-13-37(23)5)35-29(24)39-16-21-9-10-22(17-39)40(21)31(41)43-32(2,3)4/h8,11,15,21-23H,6-7,9-10,12-14,16-19H2,1-5H3,(H,33,36)/t21-,22+,23-/m0/s1. The van der Waals surface area contributed by atoms with Crippen molar-refractivity contribution in [2.24, 2.45) is 0 Å². The lowest BCUT2D eigenvalue weighted by Crippen LogP contribution is -2.57. The van der Waals surface area contributed by atoms with E-state index < -0.39 is 5.60 Å². The van der Waals surface area contributed by atoms with Crippen LogP contribution in [0.5, 0.6) is 6.01 Å². The molecule has 3 fully saturated rings. The van der Waals surface area contributed by atoms with E-state index in [9.17, 15) is 4.79 Å². The van der Waals surface area contributed by atoms with E-state index in [0.29, 0.717) is 25.2 Å². The first-order valence-corrected chi connectivity index (χ1v) is 15.8. The van der Waals surface area contributed by atoms with Gasteiger partial charge in [0.1, 0.15) is 18.0 Å². The second-order valence-electron chi connectivity index (χ2n) is 13.8. The molecule has 2 aromatic heterocycles. The summed E-state index contributed by atoms with van der Waals surface area (Å²) in [5, 5.41) is 8.57. The molecule has 1 aromatic carbocycles. The van der Waals surface area contributed by atoms with Gasteiger partial charge in [-0.2, -0.15) is 15.1 Å². The monoisotopic (exact) mass is 588 g/mol. The Bertz CT molecular complexity index is 1500. The van der Waals surface area contributed by atoms with Crippen molar-refractivity contribution < 1.29 is 14.3 Å². The highest BCUT2D eigenvalue weighted by atomic mass is 16.6. The number of likely N-dealkylation sites (tertiary alicyclic amines) is 1. The van der Waals surface area contributed by atoms with E-state index in [1.807, 2.05) is 31.9 Å². The summed E-state index contributed by atoms with van der Waals surface area (Å²) in [6.45, 7) is 12.7. The Morgan fingerprint density at radius 3 is 2.58 bits per heavy atom. The van der Waals surface area contributed by atoms with E-state index in [1.165, 1.54) is 23.2 Å². The maximum atomic E-state index is 13.1. The van der Waals surface area contributed by atoms with Crippen molar-refractivity contribution in [3.05, 3.63) is 35.2 Å². The number of carbonyl (C=O) groups excluding carboxylic acids is 1. The molecule has 0 spiro atoms. The Morgan fingerprint density at radius 2 is 1.86 bits per heavy atom. The van der Waals surface area contributed by atoms with Gasteiger partial charge in [0.2, 0.25) is 0 Å². The lowest BCUT2D eigenvalue weighted by atomic mass is 10.0. The van der Waals surface area contributed by atoms with E-state index in [0.717, 1.165) is 74.3 Å². The van der Waals surface area contributed by atoms with Crippen LogP contribution in [0, 0.1) is 6.92 Å². The van der Waals surface area contributed by atoms with Crippen LogP contribution in [-0.4, -0.2) is 99.6 Å². The third kappa shape index (κ3) is 5.36. The topological polar surface area (TPSA) is 103 Å². The van der Waals surface area contributed by atoms with Gasteiger partial charge >= 0.3 is 12.1 Å². The fraction of sp³-hybridized carbons (Fsp3) is 0.625. The van der Waals surface area contributed by atoms with E-state index in [2.05, 4.69) is 51.0 Å². The van der Waals surface area contributed by atoms with Crippen LogP contribution < -0.4 is 14.5 Å². The Balaban J connectivity index is 1.19. The molecule has 3 atom stereocenters. The highest BCUT2D eigenvalue weighted by Crippen LogP contribution is 2.39. The molecule has 0 aliphatic carbocycles. The number of aryl methyl sites for hydroxylation is 1. The molecule has 1 N–H and O–H groups in total. The van der Waals surface area contributed by atoms with Crippen molar-refractivity contribution in [1.82, 2.24) is 30.0 Å². The molecule has 1 amide bonds. The summed E-state index contributed by atoms with van der Waals surface area (Å²) in [6, 6.07) is 5.30. The number of carbonyl (C=O) groups is 1. The molecule has 7 rings (SSSR count). The third-order valence-electron chi connectivity index (χ3n) is 9.60. The minimum absolute atomic E-state index is 0.108. The molecule has 4 aliphatic heterocycles. The van der Waals surface area contributed by atoms with E-state index >= 15 is 0 Å². The van der Waals surface area contributed by atoms with Gasteiger partial charge in [0, 0.05) is 36.6 Å². The van der Waals surface area contributed by atoms with Crippen molar-refractivity contribution in [3.63, 3.8) is 0 Å². The molecule has 4 aliphatic rings. The number of hydrogen-bond acceptors (Lipinski definition) is 9. The number of amides is 1. The summed E-state index contributed by atoms with van der Waals surface area (Å²) in [6.07, 6.45) is 6.84. The number of fused-ring (bicyclic) bond motifs is 4. The van der Waals surface area contributed by atoms with Crippen LogP contribution in [0.4, 0.5) is 16.3 Å². The number of aromatic nitrogens is 4. The summed E-state index contributed by atoms with van der Waals surface area (Å²) < 4.78 is 12.1. The highest BCUT2D eigenvalue weighted by Gasteiger charge is 2.45. The number of nitrogens with zero attached hydrogens (tertiary/aromatic N) is 7. The lowest BCUT2D eigenvalue weighted by Gasteiger charge is -2.43. The Labute approximate surface area is 253 Å². The van der Waals surface area contributed by atoms with Gasteiger partial charge in [-0.25, -0.2) is 4.79 Å². The summed E-state index contributed by atoms with van der Waals surface area (Å²) >= 11 is 0. The molecule has 11 nitrogen and oxygen atoms in total. The second-order valence-corrected chi connectivity index (χ2v) is 13.8. The number of benzene rings is 1. The third-order valence-corrected chi connectivity index (χ3v) is 9.60. The number of aromatic amines is 1. The number of H-pyrrole nitrogens is 1. The molecule has 2 bridgehead atoms. The van der Waals surface area contributed by atoms with Crippen LogP contribution >= 0.6 is 0 Å². The molecule has 43 heavy (non-hydrogen) atoms. The SMILES string of the molecule is Cc1ccc2[nH]ncc2c1N1CCc2c(nc(OC[C@@H]3CCCN3C)nc2N2C[C@H]3CC[C@@H](C2)N3C(=O)OC(C)(C)C)C1. The van der Waals surface area contributed by atoms with Gasteiger partial charge in [-0.1, -0.05) is 6.07 Å². The molecule has 6 heterocycles. The fourth-order valence-corrected chi connectivity index (χ4v) is 7.49. The van der Waals surface area contributed by atoms with Crippen LogP contribution in [0.15, 0.2) is 18.3 Å². The van der Waals surface area contributed by atoms with Crippen LogP contribution in [0.3, 0.4) is 0 Å². The van der Waals surface area contributed by atoms with Crippen LogP contribution in [-0.2, 0) is 17.7 Å². The molecular weight excluding hydrogens is 544 g/mol. The molecule has 3 saturated heterocycles. The molecule has 0 radical (unpaired) electrons. The number of hydrogen-bond donors (Lipinski definition) is 1. The minimum Gasteiger partial charge on any atom is -0.462 e. The van der Waals surface area contributed by atoms with Gasteiger partial charge in [0.25, 0.3) is 0 Å². The maximum absolute atomic E-state index is 13.1. The lowest BCUT2D eigenvalue weighted by molar-refractivity contribution is 0.0122. The summed E-state index contributed by atoms with van der Waals surface area (Å²) in [5.41, 5.74) is 5.18. The largest absolute Gasteiger partial charge is 0.462 e. The highest BCUT2D eigenvalue weighted by molar-refractivity contribution is 5.93. The number of anilines is 2. The normalized spacial score (nSPS) is 24.1. The first kappa shape index (κ1) is 28.2. The fourth-order valence-electron chi connectivity index (χ4n) is 7.49. The average molecular weight is 589 g/mol. The van der Waals surface area contributed by atoms with Gasteiger partial charge in [-0.05, 0) is 85.0 Å². The first-order valence-electron chi connectivity index (χ1n) is 15.8. The quantitative estimate of drug-likeness (QED) is 0.468. The number of likely N-dealkylation sites (N-methyl/N-ethyl adjacent to an activating group) is 1. The van der Waals surface area contributed by atoms with Gasteiger partial charge in [0.05, 0.1) is 41.7 Å². The molecular formula is C32H44N8O3. The second kappa shape index (κ2) is 10.8. The van der Waals surface area contributed by atoms with Crippen molar-refractivity contribution in [3.8, 4) is 6.01 Å². The maximum Gasteiger partial charge on any atom is 0.410 e. The van der Waals surface area contributed by atoms with Gasteiger partial charge in [-0.3, -0.25) is 10.00 Å². The zero-order chi connectivity index (χ0) is 29.9. The molecule has 3 aromatic rings. The summed E-state index contributed by atoms with van der Waals surface area (Å²) in [7, 11) is 2.16. The number of ether oxygens (including phenoxy) is 2. The number of rotatable bonds is 5. The minimum atomic E-state index is -0.510. The van der Waals surface area contributed by atoms with Crippen molar-refractivity contribution in [1.29, 1.82) is 0 Å². The van der Waals surface area contributed by atoms with Gasteiger partial charge in [-0.15, -0.1) is 0 Å². The predicted molar refractivity (Wildman–Crippen MR) is 166 cm³/mol. The number of nitrogens with one attached hydrogen (secondary N) is 1. The predicted octanol–water partition coefficient (Wildman–Crippen LogP) is 4.29. The average Bonchev–Trinajstić information content (AvgIpc) is 3.67. The van der Waals surface area contributed by atoms with Crippen molar-refractivity contribution >= 4 is 28.5 Å². The summed E-state index contributed by atoms with van der Waals surface area (Å²) in [5.74, 6) is 0.971. The van der Waals surface area contributed by atoms with Crippen molar-refractivity contribution in [2.45, 2.75) is 90.1 Å². The van der Waals surface area contributed by atoms with Crippen LogP contribution in [0.25, 0.3) is 10.9 Å². The van der Waals surface area contributed by atoms with Gasteiger partial charge in [0.15, 0.2) is 0 Å². The molecule has 0 unspecified atom stereocenters. The van der Waals surface area contributed by atoms with Crippen LogP contribution in [0.1, 0.15) is 63.3 Å². The van der Waals surface area contributed by atoms with E-state index in [-0.39, 0.29) is 18.2 Å². The Hall–Kier alpha value is -3.60. The summed E-state index contributed by atoms with van der Waals surface area (Å²) in [4.78, 5) is 32.4. The molecule has 0 saturated carbocycles. The number of piperazine rings is 1. The Morgan fingerprint density at radius 1 is 1.07 bits per heavy atom. The van der Waals surface area contributed by atoms with E-state index in [1.54, 1.807) is 0 Å². The van der Waals surface area contributed by atoms with Crippen LogP contribution in [0.2, 0.25) is 0 Å². The van der Waals surface area contributed by atoms with E-state index in [4.69, 9.17) is 19.4 Å². The Kier molecular flexibility index (Phi) is 7.10. The zero-order valence-electron chi connectivity index (χ0n) is 26.1. The molecule has 230 valence electrons. The smallest absolute Gasteiger partial charge is 0.410 e. The first-order chi connectivity index (χ1) is 20.6. The zero-order valence-corrected chi connectivity index (χ0v) is 26.1.